The second-order valence-electron chi connectivity index (χ2n) is 6.50. The molecule has 0 aromatic heterocycles. The topological polar surface area (TPSA) is 76.7 Å². The van der Waals surface area contributed by atoms with E-state index in [1.165, 1.54) is 11.8 Å². The minimum atomic E-state index is -0.196. The van der Waals surface area contributed by atoms with Crippen LogP contribution in [-0.4, -0.2) is 31.3 Å². The summed E-state index contributed by atoms with van der Waals surface area (Å²) in [6, 6.07) is 21.6. The van der Waals surface area contributed by atoms with E-state index >= 15 is 0 Å². The van der Waals surface area contributed by atoms with E-state index in [9.17, 15) is 9.59 Å². The third-order valence-electron chi connectivity index (χ3n) is 4.28. The molecule has 7 heteroatoms. The zero-order valence-corrected chi connectivity index (χ0v) is 18.2. The van der Waals surface area contributed by atoms with E-state index in [4.69, 9.17) is 9.47 Å². The minimum absolute atomic E-state index is 0.0916. The third-order valence-corrected chi connectivity index (χ3v) is 5.30. The van der Waals surface area contributed by atoms with Crippen LogP contribution in [0.5, 0.6) is 11.5 Å². The smallest absolute Gasteiger partial charge is 0.255 e. The Bertz CT molecular complexity index is 1000. The van der Waals surface area contributed by atoms with Gasteiger partial charge in [0.05, 0.1) is 19.5 Å². The van der Waals surface area contributed by atoms with Crippen LogP contribution in [0.1, 0.15) is 17.3 Å². The predicted molar refractivity (Wildman–Crippen MR) is 124 cm³/mol. The number of amides is 2. The number of nitrogens with one attached hydrogen (secondary N) is 2. The number of methoxy groups -OCH3 is 1. The van der Waals surface area contributed by atoms with E-state index in [2.05, 4.69) is 10.6 Å². The fourth-order valence-corrected chi connectivity index (χ4v) is 3.43. The lowest BCUT2D eigenvalue weighted by atomic mass is 10.2. The summed E-state index contributed by atoms with van der Waals surface area (Å²) in [4.78, 5) is 25.4. The van der Waals surface area contributed by atoms with Crippen LogP contribution in [0.4, 0.5) is 11.4 Å². The zero-order chi connectivity index (χ0) is 22.1. The Balaban J connectivity index is 1.47. The van der Waals surface area contributed by atoms with Crippen molar-refractivity contribution in [3.63, 3.8) is 0 Å². The number of rotatable bonds is 9. The molecule has 2 amide bonds. The van der Waals surface area contributed by atoms with Gasteiger partial charge in [-0.25, -0.2) is 0 Å². The first-order valence-electron chi connectivity index (χ1n) is 9.78. The first kappa shape index (κ1) is 22.2. The van der Waals surface area contributed by atoms with Gasteiger partial charge in [-0.05, 0) is 79.7 Å². The van der Waals surface area contributed by atoms with E-state index < -0.39 is 0 Å². The van der Waals surface area contributed by atoms with Crippen molar-refractivity contribution in [1.82, 2.24) is 0 Å². The van der Waals surface area contributed by atoms with Crippen LogP contribution in [0.3, 0.4) is 0 Å². The second kappa shape index (κ2) is 11.1. The first-order valence-corrected chi connectivity index (χ1v) is 10.8. The summed E-state index contributed by atoms with van der Waals surface area (Å²) in [5, 5.41) is 5.72. The molecule has 0 heterocycles. The van der Waals surface area contributed by atoms with Crippen molar-refractivity contribution in [2.24, 2.45) is 0 Å². The van der Waals surface area contributed by atoms with E-state index in [1.807, 2.05) is 55.5 Å². The summed E-state index contributed by atoms with van der Waals surface area (Å²) < 4.78 is 10.5. The quantitative estimate of drug-likeness (QED) is 0.458. The Morgan fingerprint density at radius 3 is 2.00 bits per heavy atom. The highest BCUT2D eigenvalue weighted by atomic mass is 32.2. The van der Waals surface area contributed by atoms with Gasteiger partial charge in [-0.1, -0.05) is 0 Å². The summed E-state index contributed by atoms with van der Waals surface area (Å²) in [5.41, 5.74) is 1.96. The molecule has 6 nitrogen and oxygen atoms in total. The van der Waals surface area contributed by atoms with Crippen molar-refractivity contribution < 1.29 is 19.1 Å². The van der Waals surface area contributed by atoms with Crippen LogP contribution in [-0.2, 0) is 4.79 Å². The molecule has 3 rings (SSSR count). The van der Waals surface area contributed by atoms with Gasteiger partial charge in [0.1, 0.15) is 11.5 Å². The van der Waals surface area contributed by atoms with Crippen LogP contribution >= 0.6 is 11.8 Å². The largest absolute Gasteiger partial charge is 0.497 e. The van der Waals surface area contributed by atoms with E-state index in [-0.39, 0.29) is 17.6 Å². The Morgan fingerprint density at radius 1 is 0.806 bits per heavy atom. The number of hydrogen-bond acceptors (Lipinski definition) is 5. The summed E-state index contributed by atoms with van der Waals surface area (Å²) in [7, 11) is 1.58. The Hall–Kier alpha value is -3.45. The maximum Gasteiger partial charge on any atom is 0.255 e. The fraction of sp³-hybridized carbons (Fsp3) is 0.167. The summed E-state index contributed by atoms with van der Waals surface area (Å²) in [5.74, 6) is 1.47. The number of ether oxygens (including phenoxy) is 2. The van der Waals surface area contributed by atoms with Gasteiger partial charge in [-0.2, -0.15) is 0 Å². The number of anilines is 2. The summed E-state index contributed by atoms with van der Waals surface area (Å²) in [6.45, 7) is 2.53. The van der Waals surface area contributed by atoms with Crippen LogP contribution in [0.2, 0.25) is 0 Å². The number of hydrogen-bond donors (Lipinski definition) is 2. The van der Waals surface area contributed by atoms with Gasteiger partial charge in [0.2, 0.25) is 5.91 Å². The van der Waals surface area contributed by atoms with Gasteiger partial charge in [0, 0.05) is 21.8 Å². The molecule has 0 fully saturated rings. The number of carbonyl (C=O) groups excluding carboxylic acids is 2. The fourth-order valence-electron chi connectivity index (χ4n) is 2.73. The lowest BCUT2D eigenvalue weighted by Crippen LogP contribution is -2.14. The molecule has 0 aliphatic rings. The zero-order valence-electron chi connectivity index (χ0n) is 17.4. The van der Waals surface area contributed by atoms with Crippen LogP contribution in [0.15, 0.2) is 77.7 Å². The van der Waals surface area contributed by atoms with Crippen molar-refractivity contribution in [2.45, 2.75) is 11.8 Å². The molecule has 0 atom stereocenters. The van der Waals surface area contributed by atoms with Gasteiger partial charge in [0.25, 0.3) is 5.91 Å². The molecule has 0 bridgehead atoms. The van der Waals surface area contributed by atoms with Crippen molar-refractivity contribution in [1.29, 1.82) is 0 Å². The summed E-state index contributed by atoms with van der Waals surface area (Å²) >= 11 is 1.42. The number of carbonyl (C=O) groups is 2. The van der Waals surface area contributed by atoms with Crippen LogP contribution < -0.4 is 20.1 Å². The Morgan fingerprint density at radius 2 is 1.39 bits per heavy atom. The molecule has 0 saturated carbocycles. The lowest BCUT2D eigenvalue weighted by molar-refractivity contribution is -0.113. The van der Waals surface area contributed by atoms with E-state index in [1.54, 1.807) is 31.4 Å². The third kappa shape index (κ3) is 6.79. The van der Waals surface area contributed by atoms with Gasteiger partial charge < -0.3 is 20.1 Å². The van der Waals surface area contributed by atoms with Crippen LogP contribution in [0.25, 0.3) is 0 Å². The summed E-state index contributed by atoms with van der Waals surface area (Å²) in [6.07, 6.45) is 0. The van der Waals surface area contributed by atoms with Gasteiger partial charge in [0.15, 0.2) is 0 Å². The molecule has 0 aliphatic heterocycles. The predicted octanol–water partition coefficient (Wildman–Crippen LogP) is 5.08. The monoisotopic (exact) mass is 436 g/mol. The van der Waals surface area contributed by atoms with Gasteiger partial charge in [-0.3, -0.25) is 9.59 Å². The molecular weight excluding hydrogens is 412 g/mol. The highest BCUT2D eigenvalue weighted by Gasteiger charge is 2.08. The minimum Gasteiger partial charge on any atom is -0.497 e. The average molecular weight is 437 g/mol. The maximum atomic E-state index is 12.3. The molecule has 3 aromatic rings. The molecule has 0 spiro atoms. The Labute approximate surface area is 186 Å². The molecular formula is C24H24N2O4S. The van der Waals surface area contributed by atoms with E-state index in [0.717, 1.165) is 16.3 Å². The van der Waals surface area contributed by atoms with Gasteiger partial charge >= 0.3 is 0 Å². The molecule has 3 aromatic carbocycles. The van der Waals surface area contributed by atoms with Gasteiger partial charge in [-0.15, -0.1) is 11.8 Å². The lowest BCUT2D eigenvalue weighted by Gasteiger charge is -2.08. The molecule has 0 aliphatic carbocycles. The molecule has 0 radical (unpaired) electrons. The van der Waals surface area contributed by atoms with Crippen molar-refractivity contribution in [3.05, 3.63) is 78.4 Å². The molecule has 0 saturated heterocycles. The molecule has 160 valence electrons. The highest BCUT2D eigenvalue weighted by molar-refractivity contribution is 8.00. The average Bonchev–Trinajstić information content (AvgIpc) is 2.80. The molecule has 0 unspecified atom stereocenters. The normalized spacial score (nSPS) is 10.3. The molecule has 2 N–H and O–H groups in total. The number of thioether (sulfide) groups is 1. The molecule has 31 heavy (non-hydrogen) atoms. The maximum absolute atomic E-state index is 12.3. The second-order valence-corrected chi connectivity index (χ2v) is 7.55. The number of benzene rings is 3. The van der Waals surface area contributed by atoms with Crippen molar-refractivity contribution in [2.75, 3.05) is 30.1 Å². The van der Waals surface area contributed by atoms with E-state index in [0.29, 0.717) is 23.6 Å². The van der Waals surface area contributed by atoms with Crippen LogP contribution in [0, 0.1) is 0 Å². The first-order chi connectivity index (χ1) is 15.1. The highest BCUT2D eigenvalue weighted by Crippen LogP contribution is 2.22. The van der Waals surface area contributed by atoms with Crippen molar-refractivity contribution in [3.8, 4) is 11.5 Å². The van der Waals surface area contributed by atoms with Crippen molar-refractivity contribution >= 4 is 35.0 Å². The standard InChI is InChI=1S/C24H24N2O4S/c1-3-30-21-12-6-18(7-13-21)25-23(27)16-31-22-14-8-19(9-15-22)26-24(28)17-4-10-20(29-2)11-5-17/h4-15H,3,16H2,1-2H3,(H,25,27)(H,26,28). The SMILES string of the molecule is CCOc1ccc(NC(=O)CSc2ccc(NC(=O)c3ccc(OC)cc3)cc2)cc1. The Kier molecular flexibility index (Phi) is 7.95.